The number of hydrogen-bond donors (Lipinski definition) is 3. The molecule has 1 saturated carbocycles. The molecule has 0 radical (unpaired) electrons. The number of carbonyl (C=O) groups excluding carboxylic acids is 3. The van der Waals surface area contributed by atoms with Crippen molar-refractivity contribution < 1.29 is 19.1 Å². The molecule has 25 heavy (non-hydrogen) atoms. The van der Waals surface area contributed by atoms with Crippen molar-refractivity contribution in [2.75, 3.05) is 20.2 Å². The van der Waals surface area contributed by atoms with E-state index < -0.39 is 12.0 Å². The molecule has 8 heteroatoms. The average molecular weight is 374 g/mol. The Morgan fingerprint density at radius 2 is 2.12 bits per heavy atom. The minimum atomic E-state index is -0.779. The minimum absolute atomic E-state index is 0. The van der Waals surface area contributed by atoms with Gasteiger partial charge in [0.2, 0.25) is 11.8 Å². The normalized spacial score (nSPS) is 33.3. The van der Waals surface area contributed by atoms with Gasteiger partial charge in [-0.25, -0.2) is 4.79 Å². The minimum Gasteiger partial charge on any atom is -0.467 e. The summed E-state index contributed by atoms with van der Waals surface area (Å²) in [6.45, 7) is 5.86. The fourth-order valence-electron chi connectivity index (χ4n) is 4.44. The van der Waals surface area contributed by atoms with E-state index in [0.29, 0.717) is 18.4 Å². The van der Waals surface area contributed by atoms with Crippen molar-refractivity contribution >= 4 is 30.2 Å². The lowest BCUT2D eigenvalue weighted by Crippen LogP contribution is -2.52. The van der Waals surface area contributed by atoms with Gasteiger partial charge in [-0.1, -0.05) is 13.8 Å². The molecule has 3 N–H and O–H groups in total. The molecule has 0 aromatic heterocycles. The van der Waals surface area contributed by atoms with Crippen LogP contribution in [0.4, 0.5) is 0 Å². The SMILES string of the molecule is COC(=O)[C@H](C[C@@H]1CCCNC1=O)NC(=O)[C@H]1NC[C@H]2[C@@H]1C2(C)C.Cl. The first-order chi connectivity index (χ1) is 11.4. The number of esters is 1. The highest BCUT2D eigenvalue weighted by Crippen LogP contribution is 2.62. The summed E-state index contributed by atoms with van der Waals surface area (Å²) in [6, 6.07) is -1.04. The van der Waals surface area contributed by atoms with E-state index in [4.69, 9.17) is 4.74 Å². The molecule has 2 amide bonds. The Hall–Kier alpha value is -1.34. The molecule has 3 fully saturated rings. The highest BCUT2D eigenvalue weighted by Gasteiger charge is 2.65. The molecule has 0 aromatic carbocycles. The van der Waals surface area contributed by atoms with E-state index in [1.165, 1.54) is 7.11 Å². The quantitative estimate of drug-likeness (QED) is 0.599. The second-order valence-electron chi connectivity index (χ2n) is 7.79. The topological polar surface area (TPSA) is 96.5 Å². The Morgan fingerprint density at radius 3 is 2.68 bits per heavy atom. The Kier molecular flexibility index (Phi) is 5.99. The molecule has 7 nitrogen and oxygen atoms in total. The number of hydrogen-bond acceptors (Lipinski definition) is 5. The first-order valence-electron chi connectivity index (χ1n) is 8.75. The zero-order valence-corrected chi connectivity index (χ0v) is 15.8. The molecule has 142 valence electrons. The summed E-state index contributed by atoms with van der Waals surface area (Å²) < 4.78 is 4.83. The molecular formula is C17H28ClN3O4. The van der Waals surface area contributed by atoms with Gasteiger partial charge in [0.25, 0.3) is 0 Å². The Labute approximate surface area is 154 Å². The fraction of sp³-hybridized carbons (Fsp3) is 0.824. The van der Waals surface area contributed by atoms with E-state index >= 15 is 0 Å². The second kappa shape index (κ2) is 7.50. The number of ether oxygens (including phenoxy) is 1. The standard InChI is InChI=1S/C17H27N3O4.ClH/c1-17(2)10-8-19-13(12(10)17)15(22)20-11(16(23)24-3)7-9-5-4-6-18-14(9)21;/h9-13,19H,4-8H2,1-3H3,(H,18,21)(H,20,22);1H/t9-,10-,11-,12-,13-;/m0./s1. The molecule has 3 rings (SSSR count). The summed E-state index contributed by atoms with van der Waals surface area (Å²) >= 11 is 0. The number of nitrogens with one attached hydrogen (secondary N) is 3. The lowest BCUT2D eigenvalue weighted by atomic mass is 9.91. The van der Waals surface area contributed by atoms with Crippen LogP contribution < -0.4 is 16.0 Å². The van der Waals surface area contributed by atoms with Crippen LogP contribution in [0.15, 0.2) is 0 Å². The van der Waals surface area contributed by atoms with E-state index in [2.05, 4.69) is 29.8 Å². The molecule has 2 heterocycles. The van der Waals surface area contributed by atoms with E-state index in [1.54, 1.807) is 0 Å². The van der Waals surface area contributed by atoms with E-state index in [1.807, 2.05) is 0 Å². The number of carbonyl (C=O) groups is 3. The van der Waals surface area contributed by atoms with Crippen LogP contribution in [0, 0.1) is 23.2 Å². The second-order valence-corrected chi connectivity index (χ2v) is 7.79. The van der Waals surface area contributed by atoms with Crippen LogP contribution in [0.2, 0.25) is 0 Å². The Balaban J connectivity index is 0.00000225. The van der Waals surface area contributed by atoms with Crippen molar-refractivity contribution in [2.45, 2.75) is 45.2 Å². The average Bonchev–Trinajstić information content (AvgIpc) is 2.91. The third kappa shape index (κ3) is 3.77. The number of amides is 2. The van der Waals surface area contributed by atoms with Gasteiger partial charge >= 0.3 is 5.97 Å². The summed E-state index contributed by atoms with van der Waals surface area (Å²) in [6.07, 6.45) is 1.91. The van der Waals surface area contributed by atoms with Crippen LogP contribution in [-0.4, -0.2) is 50.1 Å². The van der Waals surface area contributed by atoms with E-state index in [9.17, 15) is 14.4 Å². The molecule has 0 spiro atoms. The number of fused-ring (bicyclic) bond motifs is 1. The van der Waals surface area contributed by atoms with Gasteiger partial charge in [-0.2, -0.15) is 0 Å². The lowest BCUT2D eigenvalue weighted by Gasteiger charge is -2.27. The van der Waals surface area contributed by atoms with Crippen molar-refractivity contribution in [3.8, 4) is 0 Å². The van der Waals surface area contributed by atoms with Crippen molar-refractivity contribution in [3.63, 3.8) is 0 Å². The molecule has 0 unspecified atom stereocenters. The van der Waals surface area contributed by atoms with Gasteiger partial charge in [0.1, 0.15) is 6.04 Å². The van der Waals surface area contributed by atoms with Crippen LogP contribution in [0.5, 0.6) is 0 Å². The number of piperidine rings is 2. The lowest BCUT2D eigenvalue weighted by molar-refractivity contribution is -0.146. The predicted octanol–water partition coefficient (Wildman–Crippen LogP) is 0.226. The van der Waals surface area contributed by atoms with Gasteiger partial charge in [-0.05, 0) is 43.1 Å². The zero-order valence-electron chi connectivity index (χ0n) is 15.0. The molecule has 5 atom stereocenters. The highest BCUT2D eigenvalue weighted by atomic mass is 35.5. The first-order valence-corrected chi connectivity index (χ1v) is 8.75. The van der Waals surface area contributed by atoms with Crippen LogP contribution in [-0.2, 0) is 19.1 Å². The molecule has 3 aliphatic rings. The summed E-state index contributed by atoms with van der Waals surface area (Å²) in [4.78, 5) is 36.7. The van der Waals surface area contributed by atoms with Crippen molar-refractivity contribution in [2.24, 2.45) is 23.2 Å². The van der Waals surface area contributed by atoms with E-state index in [-0.39, 0.29) is 48.0 Å². The van der Waals surface area contributed by atoms with Crippen molar-refractivity contribution in [3.05, 3.63) is 0 Å². The van der Waals surface area contributed by atoms with Gasteiger partial charge in [-0.15, -0.1) is 12.4 Å². The van der Waals surface area contributed by atoms with Crippen LogP contribution in [0.3, 0.4) is 0 Å². The van der Waals surface area contributed by atoms with Crippen molar-refractivity contribution in [1.29, 1.82) is 0 Å². The number of rotatable bonds is 5. The maximum atomic E-state index is 12.6. The summed E-state index contributed by atoms with van der Waals surface area (Å²) in [5.41, 5.74) is 0.178. The first kappa shape index (κ1) is 20.0. The molecule has 0 aromatic rings. The number of halogens is 1. The summed E-state index contributed by atoms with van der Waals surface area (Å²) in [7, 11) is 1.30. The van der Waals surface area contributed by atoms with Gasteiger partial charge in [0, 0.05) is 12.5 Å². The summed E-state index contributed by atoms with van der Waals surface area (Å²) in [5, 5.41) is 8.87. The highest BCUT2D eigenvalue weighted by molar-refractivity contribution is 5.89. The zero-order chi connectivity index (χ0) is 17.5. The molecule has 2 saturated heterocycles. The third-order valence-electron chi connectivity index (χ3n) is 6.06. The molecule has 0 bridgehead atoms. The van der Waals surface area contributed by atoms with Crippen LogP contribution >= 0.6 is 12.4 Å². The van der Waals surface area contributed by atoms with Crippen molar-refractivity contribution in [1.82, 2.24) is 16.0 Å². The Bertz CT molecular complexity index is 554. The summed E-state index contributed by atoms with van der Waals surface area (Å²) in [5.74, 6) is -0.134. The molecule has 2 aliphatic heterocycles. The predicted molar refractivity (Wildman–Crippen MR) is 94.1 cm³/mol. The van der Waals surface area contributed by atoms with Gasteiger partial charge in [-0.3, -0.25) is 9.59 Å². The van der Waals surface area contributed by atoms with Crippen LogP contribution in [0.25, 0.3) is 0 Å². The largest absolute Gasteiger partial charge is 0.467 e. The fourth-order valence-corrected chi connectivity index (χ4v) is 4.44. The maximum Gasteiger partial charge on any atom is 0.328 e. The third-order valence-corrected chi connectivity index (χ3v) is 6.06. The van der Waals surface area contributed by atoms with E-state index in [0.717, 1.165) is 19.4 Å². The van der Waals surface area contributed by atoms with Gasteiger partial charge < -0.3 is 20.7 Å². The number of methoxy groups -OCH3 is 1. The van der Waals surface area contributed by atoms with Crippen LogP contribution in [0.1, 0.15) is 33.1 Å². The monoisotopic (exact) mass is 373 g/mol. The van der Waals surface area contributed by atoms with Gasteiger partial charge in [0.15, 0.2) is 0 Å². The molecule has 1 aliphatic carbocycles. The smallest absolute Gasteiger partial charge is 0.328 e. The maximum absolute atomic E-state index is 12.6. The van der Waals surface area contributed by atoms with Gasteiger partial charge in [0.05, 0.1) is 13.2 Å². The molecular weight excluding hydrogens is 346 g/mol. The Morgan fingerprint density at radius 1 is 1.40 bits per heavy atom.